The first-order chi connectivity index (χ1) is 7.15. The molecule has 1 atom stereocenters. The topological polar surface area (TPSA) is 64.1 Å². The predicted molar refractivity (Wildman–Crippen MR) is 62.5 cm³/mol. The quantitative estimate of drug-likeness (QED) is 0.555. The molecule has 3 heteroatoms. The van der Waals surface area contributed by atoms with Crippen molar-refractivity contribution in [2.75, 3.05) is 0 Å². The summed E-state index contributed by atoms with van der Waals surface area (Å²) in [4.78, 5) is 0. The number of nitrogens with two attached hydrogens (primary N) is 2. The fourth-order valence-corrected chi connectivity index (χ4v) is 1.91. The first kappa shape index (κ1) is 9.90. The summed E-state index contributed by atoms with van der Waals surface area (Å²) in [5, 5.41) is 3.41. The van der Waals surface area contributed by atoms with Crippen molar-refractivity contribution in [1.82, 2.24) is 5.32 Å². The molecule has 0 aromatic rings. The lowest BCUT2D eigenvalue weighted by Crippen LogP contribution is -2.22. The van der Waals surface area contributed by atoms with Gasteiger partial charge in [0.1, 0.15) is 0 Å². The highest BCUT2D eigenvalue weighted by Gasteiger charge is 2.14. The molecule has 1 aliphatic carbocycles. The standard InChI is InChI=1S/C12H17N3/c1-8-6-11(14)7-9-2-3-10(13)4-5-12(9)15-8/h2,4-6,8,15H,3,7,13-14H2,1H3. The predicted octanol–water partition coefficient (Wildman–Crippen LogP) is 1.27. The molecular formula is C12H17N3. The Hall–Kier alpha value is -1.64. The van der Waals surface area contributed by atoms with E-state index in [0.717, 1.165) is 29.9 Å². The van der Waals surface area contributed by atoms with Gasteiger partial charge in [-0.1, -0.05) is 6.08 Å². The third-order valence-corrected chi connectivity index (χ3v) is 2.64. The van der Waals surface area contributed by atoms with Gasteiger partial charge in [0.15, 0.2) is 0 Å². The van der Waals surface area contributed by atoms with Gasteiger partial charge in [0.2, 0.25) is 0 Å². The number of fused-ring (bicyclic) bond motifs is 1. The average molecular weight is 203 g/mol. The zero-order valence-corrected chi connectivity index (χ0v) is 8.96. The minimum atomic E-state index is 0.273. The maximum Gasteiger partial charge on any atom is 0.0435 e. The summed E-state index contributed by atoms with van der Waals surface area (Å²) in [6.07, 6.45) is 9.82. The van der Waals surface area contributed by atoms with Gasteiger partial charge in [-0.15, -0.1) is 0 Å². The Kier molecular flexibility index (Phi) is 2.54. The number of rotatable bonds is 0. The fraction of sp³-hybridized carbons (Fsp3) is 0.333. The minimum Gasteiger partial charge on any atom is -0.402 e. The van der Waals surface area contributed by atoms with Crippen molar-refractivity contribution in [3.05, 3.63) is 47.0 Å². The number of allylic oxidation sites excluding steroid dienone is 5. The summed E-state index contributed by atoms with van der Waals surface area (Å²) < 4.78 is 0. The third-order valence-electron chi connectivity index (χ3n) is 2.64. The van der Waals surface area contributed by atoms with Gasteiger partial charge in [0.25, 0.3) is 0 Å². The molecule has 1 heterocycles. The second-order valence-electron chi connectivity index (χ2n) is 4.11. The molecule has 80 valence electrons. The van der Waals surface area contributed by atoms with Gasteiger partial charge < -0.3 is 16.8 Å². The number of nitrogens with one attached hydrogen (secondary N) is 1. The molecule has 0 radical (unpaired) electrons. The Morgan fingerprint density at radius 1 is 1.27 bits per heavy atom. The van der Waals surface area contributed by atoms with E-state index in [1.807, 2.05) is 12.2 Å². The van der Waals surface area contributed by atoms with Crippen LogP contribution in [0.5, 0.6) is 0 Å². The third kappa shape index (κ3) is 2.24. The molecule has 0 spiro atoms. The Balaban J connectivity index is 2.33. The van der Waals surface area contributed by atoms with Gasteiger partial charge >= 0.3 is 0 Å². The van der Waals surface area contributed by atoms with Crippen molar-refractivity contribution >= 4 is 0 Å². The van der Waals surface area contributed by atoms with Crippen LogP contribution in [-0.2, 0) is 0 Å². The Morgan fingerprint density at radius 2 is 2.07 bits per heavy atom. The van der Waals surface area contributed by atoms with Crippen LogP contribution < -0.4 is 16.8 Å². The first-order valence-electron chi connectivity index (χ1n) is 5.23. The van der Waals surface area contributed by atoms with E-state index >= 15 is 0 Å². The van der Waals surface area contributed by atoms with Crippen molar-refractivity contribution in [3.63, 3.8) is 0 Å². The molecule has 2 rings (SSSR count). The first-order valence-corrected chi connectivity index (χ1v) is 5.23. The van der Waals surface area contributed by atoms with E-state index in [1.165, 1.54) is 5.57 Å². The largest absolute Gasteiger partial charge is 0.402 e. The molecule has 0 aromatic heterocycles. The molecule has 2 aliphatic rings. The summed E-state index contributed by atoms with van der Waals surface area (Å²) in [7, 11) is 0. The van der Waals surface area contributed by atoms with Crippen LogP contribution in [0.25, 0.3) is 0 Å². The average Bonchev–Trinajstić information content (AvgIpc) is 2.39. The van der Waals surface area contributed by atoms with Crippen molar-refractivity contribution < 1.29 is 0 Å². The molecule has 5 N–H and O–H groups in total. The maximum atomic E-state index is 5.92. The summed E-state index contributed by atoms with van der Waals surface area (Å²) in [5.41, 5.74) is 15.9. The van der Waals surface area contributed by atoms with E-state index in [0.29, 0.717) is 0 Å². The van der Waals surface area contributed by atoms with E-state index in [2.05, 4.69) is 24.4 Å². The summed E-state index contributed by atoms with van der Waals surface area (Å²) >= 11 is 0. The molecule has 15 heavy (non-hydrogen) atoms. The highest BCUT2D eigenvalue weighted by Crippen LogP contribution is 2.23. The second kappa shape index (κ2) is 3.85. The molecule has 3 nitrogen and oxygen atoms in total. The summed E-state index contributed by atoms with van der Waals surface area (Å²) in [6.45, 7) is 2.09. The SMILES string of the molecule is CC1C=C(N)CC2=CCC(N)=CC=C2N1. The van der Waals surface area contributed by atoms with Crippen LogP contribution in [0.2, 0.25) is 0 Å². The molecule has 0 saturated heterocycles. The Morgan fingerprint density at radius 3 is 2.87 bits per heavy atom. The Bertz CT molecular complexity index is 386. The van der Waals surface area contributed by atoms with E-state index < -0.39 is 0 Å². The molecule has 0 aromatic carbocycles. The minimum absolute atomic E-state index is 0.273. The lowest BCUT2D eigenvalue weighted by atomic mass is 10.1. The zero-order valence-electron chi connectivity index (χ0n) is 8.96. The van der Waals surface area contributed by atoms with Gasteiger partial charge in [-0.05, 0) is 30.7 Å². The molecular weight excluding hydrogens is 186 g/mol. The molecule has 1 unspecified atom stereocenters. The van der Waals surface area contributed by atoms with Crippen molar-refractivity contribution in [1.29, 1.82) is 0 Å². The van der Waals surface area contributed by atoms with Crippen LogP contribution in [0, 0.1) is 0 Å². The van der Waals surface area contributed by atoms with Crippen molar-refractivity contribution in [2.24, 2.45) is 11.5 Å². The maximum absolute atomic E-state index is 5.92. The van der Waals surface area contributed by atoms with Gasteiger partial charge in [0.05, 0.1) is 0 Å². The van der Waals surface area contributed by atoms with Crippen LogP contribution in [0.4, 0.5) is 0 Å². The molecule has 0 bridgehead atoms. The summed E-state index contributed by atoms with van der Waals surface area (Å²) in [6, 6.07) is 0.273. The number of hydrogen-bond acceptors (Lipinski definition) is 3. The van der Waals surface area contributed by atoms with Gasteiger partial charge in [0, 0.05) is 36.0 Å². The van der Waals surface area contributed by atoms with Gasteiger partial charge in [-0.2, -0.15) is 0 Å². The van der Waals surface area contributed by atoms with E-state index in [9.17, 15) is 0 Å². The van der Waals surface area contributed by atoms with Crippen molar-refractivity contribution in [3.8, 4) is 0 Å². The lowest BCUT2D eigenvalue weighted by Gasteiger charge is -2.12. The number of hydrogen-bond donors (Lipinski definition) is 3. The normalized spacial score (nSPS) is 25.8. The van der Waals surface area contributed by atoms with Crippen LogP contribution in [0.3, 0.4) is 0 Å². The lowest BCUT2D eigenvalue weighted by molar-refractivity contribution is 0.740. The Labute approximate surface area is 90.2 Å². The summed E-state index contributed by atoms with van der Waals surface area (Å²) in [5.74, 6) is 0. The van der Waals surface area contributed by atoms with E-state index in [4.69, 9.17) is 11.5 Å². The van der Waals surface area contributed by atoms with Crippen LogP contribution in [-0.4, -0.2) is 6.04 Å². The van der Waals surface area contributed by atoms with Crippen LogP contribution >= 0.6 is 0 Å². The zero-order chi connectivity index (χ0) is 10.8. The molecule has 0 fully saturated rings. The molecule has 1 aliphatic heterocycles. The van der Waals surface area contributed by atoms with Crippen LogP contribution in [0.15, 0.2) is 47.0 Å². The molecule has 0 amide bonds. The van der Waals surface area contributed by atoms with Crippen molar-refractivity contribution in [2.45, 2.75) is 25.8 Å². The monoisotopic (exact) mass is 203 g/mol. The molecule has 0 saturated carbocycles. The van der Waals surface area contributed by atoms with Crippen LogP contribution in [0.1, 0.15) is 19.8 Å². The highest BCUT2D eigenvalue weighted by atomic mass is 14.9. The smallest absolute Gasteiger partial charge is 0.0435 e. The highest BCUT2D eigenvalue weighted by molar-refractivity contribution is 5.41. The van der Waals surface area contributed by atoms with Gasteiger partial charge in [-0.25, -0.2) is 0 Å². The van der Waals surface area contributed by atoms with Gasteiger partial charge in [-0.3, -0.25) is 0 Å². The van der Waals surface area contributed by atoms with E-state index in [1.54, 1.807) is 0 Å². The fourth-order valence-electron chi connectivity index (χ4n) is 1.91. The second-order valence-corrected chi connectivity index (χ2v) is 4.11. The van der Waals surface area contributed by atoms with E-state index in [-0.39, 0.29) is 6.04 Å².